The molecule has 0 atom stereocenters. The van der Waals surface area contributed by atoms with Crippen molar-refractivity contribution in [1.29, 1.82) is 0 Å². The Hall–Kier alpha value is -1.85. The first kappa shape index (κ1) is 10.2. The molecule has 0 unspecified atom stereocenters. The maximum Gasteiger partial charge on any atom is 0.364 e. The van der Waals surface area contributed by atoms with Gasteiger partial charge in [-0.3, -0.25) is 0 Å². The van der Waals surface area contributed by atoms with E-state index in [2.05, 4.69) is 19.7 Å². The van der Waals surface area contributed by atoms with E-state index in [1.165, 1.54) is 14.2 Å². The van der Waals surface area contributed by atoms with Gasteiger partial charge < -0.3 is 14.1 Å². The van der Waals surface area contributed by atoms with Crippen LogP contribution in [0.4, 0.5) is 0 Å². The van der Waals surface area contributed by atoms with Crippen LogP contribution in [0, 0.1) is 0 Å². The minimum absolute atomic E-state index is 0.0440. The predicted molar refractivity (Wildman–Crippen MR) is 48.8 cm³/mol. The van der Waals surface area contributed by atoms with Crippen molar-refractivity contribution < 1.29 is 14.4 Å². The van der Waals surface area contributed by atoms with Crippen LogP contribution in [0.2, 0.25) is 0 Å². The lowest BCUT2D eigenvalue weighted by molar-refractivity contribution is -0.132. The van der Waals surface area contributed by atoms with Crippen LogP contribution < -0.4 is 0 Å². The van der Waals surface area contributed by atoms with Crippen LogP contribution in [-0.4, -0.2) is 35.5 Å². The van der Waals surface area contributed by atoms with E-state index < -0.39 is 5.97 Å². The quantitative estimate of drug-likeness (QED) is 0.387. The fraction of sp³-hybridized carbons (Fsp3) is 0.375. The topological polar surface area (TPSA) is 65.7 Å². The third-order valence-electron chi connectivity index (χ3n) is 1.59. The molecule has 6 nitrogen and oxygen atoms in total. The Balaban J connectivity index is 3.07. The second-order valence-electron chi connectivity index (χ2n) is 2.48. The van der Waals surface area contributed by atoms with Gasteiger partial charge in [0.05, 0.1) is 7.11 Å². The summed E-state index contributed by atoms with van der Waals surface area (Å²) in [5, 5.41) is 3.56. The highest BCUT2D eigenvalue weighted by molar-refractivity contribution is 6.42. The van der Waals surface area contributed by atoms with Crippen molar-refractivity contribution in [2.75, 3.05) is 14.2 Å². The van der Waals surface area contributed by atoms with E-state index in [1.807, 2.05) is 0 Å². The zero-order chi connectivity index (χ0) is 10.6. The number of esters is 1. The molecule has 0 bridgehead atoms. The lowest BCUT2D eigenvalue weighted by Crippen LogP contribution is -2.21. The number of methoxy groups -OCH3 is 1. The minimum atomic E-state index is -0.582. The molecule has 0 aromatic carbocycles. The van der Waals surface area contributed by atoms with Gasteiger partial charge in [0.2, 0.25) is 5.71 Å². The van der Waals surface area contributed by atoms with E-state index in [9.17, 15) is 4.79 Å². The van der Waals surface area contributed by atoms with Crippen molar-refractivity contribution in [2.45, 2.75) is 0 Å². The number of imidazole rings is 1. The molecule has 0 amide bonds. The molecular weight excluding hydrogens is 186 g/mol. The molecule has 0 saturated carbocycles. The monoisotopic (exact) mass is 197 g/mol. The molecule has 1 heterocycles. The van der Waals surface area contributed by atoms with Gasteiger partial charge in [-0.05, 0) is 0 Å². The van der Waals surface area contributed by atoms with Crippen LogP contribution >= 0.6 is 0 Å². The van der Waals surface area contributed by atoms with Crippen molar-refractivity contribution in [3.05, 3.63) is 18.2 Å². The van der Waals surface area contributed by atoms with Crippen molar-refractivity contribution in [3.63, 3.8) is 0 Å². The van der Waals surface area contributed by atoms with Gasteiger partial charge in [0, 0.05) is 19.4 Å². The van der Waals surface area contributed by atoms with Gasteiger partial charge in [0.15, 0.2) is 5.82 Å². The second-order valence-corrected chi connectivity index (χ2v) is 2.48. The molecule has 0 saturated heterocycles. The van der Waals surface area contributed by atoms with E-state index in [-0.39, 0.29) is 5.71 Å². The Morgan fingerprint density at radius 3 is 2.71 bits per heavy atom. The van der Waals surface area contributed by atoms with E-state index in [0.717, 1.165) is 0 Å². The molecule has 0 fully saturated rings. The Morgan fingerprint density at radius 2 is 2.29 bits per heavy atom. The summed E-state index contributed by atoms with van der Waals surface area (Å²) in [6, 6.07) is 0. The zero-order valence-corrected chi connectivity index (χ0v) is 8.22. The number of rotatable bonds is 3. The predicted octanol–water partition coefficient (Wildman–Crippen LogP) is -0.0564. The van der Waals surface area contributed by atoms with Gasteiger partial charge in [0.1, 0.15) is 7.11 Å². The number of hydrogen-bond acceptors (Lipinski definition) is 5. The highest BCUT2D eigenvalue weighted by Gasteiger charge is 2.19. The summed E-state index contributed by atoms with van der Waals surface area (Å²) in [6.45, 7) is 0. The second kappa shape index (κ2) is 4.40. The molecule has 0 aliphatic rings. The molecule has 6 heteroatoms. The normalized spacial score (nSPS) is 11.2. The average Bonchev–Trinajstić information content (AvgIpc) is 2.60. The zero-order valence-electron chi connectivity index (χ0n) is 8.22. The van der Waals surface area contributed by atoms with Crippen molar-refractivity contribution in [3.8, 4) is 0 Å². The van der Waals surface area contributed by atoms with Crippen LogP contribution in [-0.2, 0) is 21.4 Å². The molecule has 76 valence electrons. The van der Waals surface area contributed by atoms with Crippen LogP contribution in [0.1, 0.15) is 5.82 Å². The summed E-state index contributed by atoms with van der Waals surface area (Å²) in [4.78, 5) is 19.8. The molecule has 0 aliphatic heterocycles. The van der Waals surface area contributed by atoms with E-state index in [4.69, 9.17) is 0 Å². The fourth-order valence-electron chi connectivity index (χ4n) is 0.951. The Bertz CT molecular complexity index is 356. The van der Waals surface area contributed by atoms with Crippen molar-refractivity contribution in [2.24, 2.45) is 12.2 Å². The van der Waals surface area contributed by atoms with Gasteiger partial charge in [0.25, 0.3) is 0 Å². The van der Waals surface area contributed by atoms with Gasteiger partial charge in [-0.15, -0.1) is 0 Å². The smallest absolute Gasteiger partial charge is 0.364 e. The lowest BCUT2D eigenvalue weighted by atomic mass is 10.3. The van der Waals surface area contributed by atoms with E-state index >= 15 is 0 Å². The minimum Gasteiger partial charge on any atom is -0.464 e. The highest BCUT2D eigenvalue weighted by atomic mass is 16.6. The fourth-order valence-corrected chi connectivity index (χ4v) is 0.951. The molecule has 1 rings (SSSR count). The first-order valence-electron chi connectivity index (χ1n) is 3.88. The van der Waals surface area contributed by atoms with E-state index in [1.54, 1.807) is 24.0 Å². The lowest BCUT2D eigenvalue weighted by Gasteiger charge is -2.02. The molecule has 0 radical (unpaired) electrons. The van der Waals surface area contributed by atoms with Gasteiger partial charge in [-0.25, -0.2) is 9.78 Å². The maximum absolute atomic E-state index is 11.3. The Labute approximate surface area is 81.1 Å². The van der Waals surface area contributed by atoms with E-state index in [0.29, 0.717) is 5.82 Å². The van der Waals surface area contributed by atoms with Gasteiger partial charge >= 0.3 is 5.97 Å². The number of carbonyl (C=O) groups excluding carboxylic acids is 1. The molecular formula is C8H11N3O3. The summed E-state index contributed by atoms with van der Waals surface area (Å²) >= 11 is 0. The summed E-state index contributed by atoms with van der Waals surface area (Å²) in [7, 11) is 4.37. The van der Waals surface area contributed by atoms with Crippen molar-refractivity contribution >= 4 is 11.7 Å². The number of aromatic nitrogens is 2. The molecule has 0 spiro atoms. The first-order chi connectivity index (χ1) is 6.70. The number of hydrogen-bond donors (Lipinski definition) is 0. The van der Waals surface area contributed by atoms with Gasteiger partial charge in [-0.2, -0.15) is 0 Å². The molecule has 14 heavy (non-hydrogen) atoms. The molecule has 1 aromatic rings. The standard InChI is InChI=1S/C8H11N3O3/c1-11-5-4-9-7(11)6(10-14-3)8(12)13-2/h4-5H,1-3H3/b10-6-. The average molecular weight is 197 g/mol. The largest absolute Gasteiger partial charge is 0.464 e. The van der Waals surface area contributed by atoms with Crippen LogP contribution in [0.3, 0.4) is 0 Å². The number of carbonyl (C=O) groups is 1. The molecule has 0 aliphatic carbocycles. The summed E-state index contributed by atoms with van der Waals surface area (Å²) in [6.07, 6.45) is 3.26. The highest BCUT2D eigenvalue weighted by Crippen LogP contribution is 1.99. The Kier molecular flexibility index (Phi) is 3.22. The summed E-state index contributed by atoms with van der Waals surface area (Å²) < 4.78 is 6.19. The van der Waals surface area contributed by atoms with Gasteiger partial charge in [-0.1, -0.05) is 5.16 Å². The first-order valence-corrected chi connectivity index (χ1v) is 3.88. The summed E-state index contributed by atoms with van der Waals surface area (Å²) in [5.41, 5.74) is 0.0440. The molecule has 0 N–H and O–H groups in total. The third kappa shape index (κ3) is 1.90. The Morgan fingerprint density at radius 1 is 1.57 bits per heavy atom. The number of oxime groups is 1. The maximum atomic E-state index is 11.3. The van der Waals surface area contributed by atoms with Crippen LogP contribution in [0.25, 0.3) is 0 Å². The van der Waals surface area contributed by atoms with Crippen LogP contribution in [0.15, 0.2) is 17.5 Å². The number of ether oxygens (including phenoxy) is 1. The SMILES string of the molecule is CO/N=C(\C(=O)OC)c1nccn1C. The van der Waals surface area contributed by atoms with Crippen LogP contribution in [0.5, 0.6) is 0 Å². The molecule has 1 aromatic heterocycles. The third-order valence-corrected chi connectivity index (χ3v) is 1.59. The summed E-state index contributed by atoms with van der Waals surface area (Å²) in [5.74, 6) is -0.181. The number of aryl methyl sites for hydroxylation is 1. The number of nitrogens with zero attached hydrogens (tertiary/aromatic N) is 3. The van der Waals surface area contributed by atoms with Crippen molar-refractivity contribution in [1.82, 2.24) is 9.55 Å².